The summed E-state index contributed by atoms with van der Waals surface area (Å²) < 4.78 is 16.1. The Balaban J connectivity index is 2.06. The normalized spacial score (nSPS) is 17.4. The van der Waals surface area contributed by atoms with E-state index in [0.29, 0.717) is 13.2 Å². The number of fused-ring (bicyclic) bond motifs is 1. The molecule has 0 amide bonds. The van der Waals surface area contributed by atoms with Gasteiger partial charge in [0.2, 0.25) is 0 Å². The third-order valence-corrected chi connectivity index (χ3v) is 3.63. The summed E-state index contributed by atoms with van der Waals surface area (Å²) in [4.78, 5) is 0. The maximum atomic E-state index is 5.60. The van der Waals surface area contributed by atoms with Crippen molar-refractivity contribution in [1.29, 1.82) is 0 Å². The zero-order valence-electron chi connectivity index (χ0n) is 10.6. The first kappa shape index (κ1) is 11.5. The number of methoxy groups -OCH3 is 2. The van der Waals surface area contributed by atoms with Gasteiger partial charge in [0.15, 0.2) is 0 Å². The smallest absolute Gasteiger partial charge is 0.139 e. The number of benzene rings is 2. The number of hydrogen-bond donors (Lipinski definition) is 0. The molecule has 0 aromatic heterocycles. The van der Waals surface area contributed by atoms with Gasteiger partial charge in [0.1, 0.15) is 11.4 Å². The average Bonchev–Trinajstić information content (AvgIpc) is 2.37. The van der Waals surface area contributed by atoms with Crippen LogP contribution < -0.4 is 4.74 Å². The molecular formula is C15H16O3. The molecule has 0 aliphatic carbocycles. The molecule has 1 aliphatic rings. The molecule has 0 spiro atoms. The van der Waals surface area contributed by atoms with Gasteiger partial charge < -0.3 is 14.2 Å². The topological polar surface area (TPSA) is 27.7 Å². The Morgan fingerprint density at radius 1 is 1.00 bits per heavy atom. The van der Waals surface area contributed by atoms with Crippen molar-refractivity contribution in [2.75, 3.05) is 27.4 Å². The lowest BCUT2D eigenvalue weighted by Crippen LogP contribution is -2.48. The first-order valence-corrected chi connectivity index (χ1v) is 5.99. The number of hydrogen-bond acceptors (Lipinski definition) is 3. The van der Waals surface area contributed by atoms with Crippen LogP contribution in [0.2, 0.25) is 0 Å². The van der Waals surface area contributed by atoms with E-state index in [1.807, 2.05) is 12.1 Å². The molecule has 3 heteroatoms. The molecule has 0 radical (unpaired) electrons. The van der Waals surface area contributed by atoms with Crippen LogP contribution in [0.25, 0.3) is 10.8 Å². The zero-order valence-corrected chi connectivity index (χ0v) is 10.6. The van der Waals surface area contributed by atoms with E-state index < -0.39 is 0 Å². The van der Waals surface area contributed by atoms with Crippen LogP contribution in [0, 0.1) is 0 Å². The summed E-state index contributed by atoms with van der Waals surface area (Å²) in [6.45, 7) is 1.26. The molecule has 1 saturated heterocycles. The molecule has 1 heterocycles. The summed E-state index contributed by atoms with van der Waals surface area (Å²) in [6, 6.07) is 12.5. The summed E-state index contributed by atoms with van der Waals surface area (Å²) in [5.74, 6) is 0.878. The summed E-state index contributed by atoms with van der Waals surface area (Å²) >= 11 is 0. The summed E-state index contributed by atoms with van der Waals surface area (Å²) in [5.41, 5.74) is 0.919. The predicted molar refractivity (Wildman–Crippen MR) is 70.0 cm³/mol. The second kappa shape index (κ2) is 4.26. The van der Waals surface area contributed by atoms with E-state index in [0.717, 1.165) is 5.75 Å². The van der Waals surface area contributed by atoms with Crippen molar-refractivity contribution < 1.29 is 14.2 Å². The van der Waals surface area contributed by atoms with Gasteiger partial charge in [-0.3, -0.25) is 0 Å². The highest BCUT2D eigenvalue weighted by molar-refractivity contribution is 5.84. The van der Waals surface area contributed by atoms with Crippen LogP contribution >= 0.6 is 0 Å². The summed E-state index contributed by atoms with van der Waals surface area (Å²) in [6.07, 6.45) is 0. The van der Waals surface area contributed by atoms with Crippen LogP contribution in [-0.4, -0.2) is 27.4 Å². The van der Waals surface area contributed by atoms with Crippen LogP contribution in [0.5, 0.6) is 5.75 Å². The highest BCUT2D eigenvalue weighted by atomic mass is 16.6. The Morgan fingerprint density at radius 3 is 2.33 bits per heavy atom. The van der Waals surface area contributed by atoms with Crippen LogP contribution in [0.4, 0.5) is 0 Å². The third-order valence-electron chi connectivity index (χ3n) is 3.63. The SMILES string of the molecule is COc1ccc2cc(C3(OC)COC3)ccc2c1. The summed E-state index contributed by atoms with van der Waals surface area (Å²) in [5, 5.41) is 2.36. The second-order valence-electron chi connectivity index (χ2n) is 4.62. The van der Waals surface area contributed by atoms with Gasteiger partial charge in [-0.05, 0) is 34.5 Å². The minimum absolute atomic E-state index is 0.256. The van der Waals surface area contributed by atoms with E-state index in [-0.39, 0.29) is 5.60 Å². The van der Waals surface area contributed by atoms with E-state index in [1.165, 1.54) is 16.3 Å². The van der Waals surface area contributed by atoms with E-state index in [4.69, 9.17) is 14.2 Å². The van der Waals surface area contributed by atoms with E-state index in [2.05, 4.69) is 24.3 Å². The van der Waals surface area contributed by atoms with Gasteiger partial charge in [-0.1, -0.05) is 18.2 Å². The molecule has 1 fully saturated rings. The summed E-state index contributed by atoms with van der Waals surface area (Å²) in [7, 11) is 3.42. The van der Waals surface area contributed by atoms with E-state index in [9.17, 15) is 0 Å². The molecule has 3 rings (SSSR count). The fourth-order valence-electron chi connectivity index (χ4n) is 2.32. The molecular weight excluding hydrogens is 228 g/mol. The lowest BCUT2D eigenvalue weighted by molar-refractivity contribution is -0.202. The Bertz CT molecular complexity index is 567. The molecule has 0 N–H and O–H groups in total. The fraction of sp³-hybridized carbons (Fsp3) is 0.333. The highest BCUT2D eigenvalue weighted by Crippen LogP contribution is 2.35. The van der Waals surface area contributed by atoms with Gasteiger partial charge >= 0.3 is 0 Å². The Labute approximate surface area is 106 Å². The molecule has 0 atom stereocenters. The number of ether oxygens (including phenoxy) is 3. The first-order chi connectivity index (χ1) is 8.77. The molecule has 3 nitrogen and oxygen atoms in total. The monoisotopic (exact) mass is 244 g/mol. The van der Waals surface area contributed by atoms with Crippen LogP contribution in [0.3, 0.4) is 0 Å². The molecule has 2 aromatic rings. The Kier molecular flexibility index (Phi) is 2.73. The maximum absolute atomic E-state index is 5.60. The largest absolute Gasteiger partial charge is 0.497 e. The van der Waals surface area contributed by atoms with Gasteiger partial charge in [-0.2, -0.15) is 0 Å². The van der Waals surface area contributed by atoms with Gasteiger partial charge in [0, 0.05) is 7.11 Å². The first-order valence-electron chi connectivity index (χ1n) is 5.99. The van der Waals surface area contributed by atoms with Crippen LogP contribution in [-0.2, 0) is 15.1 Å². The van der Waals surface area contributed by atoms with Crippen molar-refractivity contribution in [3.63, 3.8) is 0 Å². The highest BCUT2D eigenvalue weighted by Gasteiger charge is 2.40. The standard InChI is InChI=1S/C15H16O3/c1-16-14-6-4-11-7-13(5-3-12(11)8-14)15(17-2)9-18-10-15/h3-8H,9-10H2,1-2H3. The van der Waals surface area contributed by atoms with Gasteiger partial charge in [0.05, 0.1) is 20.3 Å². The van der Waals surface area contributed by atoms with Crippen molar-refractivity contribution in [2.24, 2.45) is 0 Å². The zero-order chi connectivity index (χ0) is 12.6. The Hall–Kier alpha value is -1.58. The van der Waals surface area contributed by atoms with Gasteiger partial charge in [0.25, 0.3) is 0 Å². The van der Waals surface area contributed by atoms with Crippen LogP contribution in [0.15, 0.2) is 36.4 Å². The lowest BCUT2D eigenvalue weighted by Gasteiger charge is -2.40. The van der Waals surface area contributed by atoms with Crippen molar-refractivity contribution >= 4 is 10.8 Å². The minimum atomic E-state index is -0.256. The Morgan fingerprint density at radius 2 is 1.72 bits per heavy atom. The maximum Gasteiger partial charge on any atom is 0.139 e. The molecule has 1 aliphatic heterocycles. The second-order valence-corrected chi connectivity index (χ2v) is 4.62. The van der Waals surface area contributed by atoms with Gasteiger partial charge in [-0.15, -0.1) is 0 Å². The van der Waals surface area contributed by atoms with Crippen LogP contribution in [0.1, 0.15) is 5.56 Å². The van der Waals surface area contributed by atoms with Gasteiger partial charge in [-0.25, -0.2) is 0 Å². The fourth-order valence-corrected chi connectivity index (χ4v) is 2.32. The molecule has 0 saturated carbocycles. The predicted octanol–water partition coefficient (Wildman–Crippen LogP) is 2.72. The number of rotatable bonds is 3. The quantitative estimate of drug-likeness (QED) is 0.831. The van der Waals surface area contributed by atoms with Crippen molar-refractivity contribution in [3.05, 3.63) is 42.0 Å². The average molecular weight is 244 g/mol. The molecule has 18 heavy (non-hydrogen) atoms. The molecule has 94 valence electrons. The molecule has 0 unspecified atom stereocenters. The third kappa shape index (κ3) is 1.67. The van der Waals surface area contributed by atoms with Crippen molar-refractivity contribution in [1.82, 2.24) is 0 Å². The van der Waals surface area contributed by atoms with Crippen molar-refractivity contribution in [3.8, 4) is 5.75 Å². The molecule has 0 bridgehead atoms. The minimum Gasteiger partial charge on any atom is -0.497 e. The van der Waals surface area contributed by atoms with E-state index >= 15 is 0 Å². The molecule has 2 aromatic carbocycles. The van der Waals surface area contributed by atoms with E-state index in [1.54, 1.807) is 14.2 Å². The van der Waals surface area contributed by atoms with Crippen molar-refractivity contribution in [2.45, 2.75) is 5.60 Å². The lowest BCUT2D eigenvalue weighted by atomic mass is 9.90.